The van der Waals surface area contributed by atoms with Gasteiger partial charge in [-0.25, -0.2) is 0 Å². The summed E-state index contributed by atoms with van der Waals surface area (Å²) in [7, 11) is 0. The van der Waals surface area contributed by atoms with Crippen molar-refractivity contribution in [3.05, 3.63) is 30.3 Å². The molecule has 0 unspecified atom stereocenters. The molecule has 1 N–H and O–H groups in total. The smallest absolute Gasteiger partial charge is 0.441 e. The van der Waals surface area contributed by atoms with Crippen LogP contribution < -0.4 is 10.1 Å². The lowest BCUT2D eigenvalue weighted by atomic mass is 10.3. The van der Waals surface area contributed by atoms with Crippen LogP contribution in [0.1, 0.15) is 0 Å². The monoisotopic (exact) mass is 265 g/mol. The summed E-state index contributed by atoms with van der Waals surface area (Å²) < 4.78 is 40.7. The molecule has 17 heavy (non-hydrogen) atoms. The van der Waals surface area contributed by atoms with Crippen LogP contribution in [0, 0.1) is 0 Å². The zero-order valence-electron chi connectivity index (χ0n) is 9.17. The van der Waals surface area contributed by atoms with Crippen molar-refractivity contribution in [3.63, 3.8) is 0 Å². The normalized spacial score (nSPS) is 11.5. The van der Waals surface area contributed by atoms with E-state index in [-0.39, 0.29) is 17.5 Å². The Hall–Kier alpha value is -0.880. The molecule has 0 aromatic heterocycles. The minimum atomic E-state index is -4.14. The molecule has 0 bridgehead atoms. The van der Waals surface area contributed by atoms with Gasteiger partial charge in [-0.05, 0) is 23.9 Å². The maximum Gasteiger partial charge on any atom is 0.441 e. The number of nitrogens with one attached hydrogen (secondary N) is 1. The van der Waals surface area contributed by atoms with Gasteiger partial charge in [0.25, 0.3) is 0 Å². The minimum Gasteiger partial charge on any atom is -0.492 e. The molecule has 0 saturated heterocycles. The Labute approximate surface area is 103 Å². The van der Waals surface area contributed by atoms with E-state index in [1.807, 2.05) is 30.3 Å². The number of benzene rings is 1. The molecule has 0 spiro atoms. The molecule has 0 heterocycles. The first-order chi connectivity index (χ1) is 8.08. The predicted octanol–water partition coefficient (Wildman–Crippen LogP) is 2.91. The fourth-order valence-electron chi connectivity index (χ4n) is 1.12. The summed E-state index contributed by atoms with van der Waals surface area (Å²) in [6, 6.07) is 9.28. The molecular weight excluding hydrogens is 251 g/mol. The highest BCUT2D eigenvalue weighted by Gasteiger charge is 2.27. The van der Waals surface area contributed by atoms with Crippen LogP contribution in [0.15, 0.2) is 30.3 Å². The van der Waals surface area contributed by atoms with Gasteiger partial charge in [-0.3, -0.25) is 0 Å². The first-order valence-corrected chi connectivity index (χ1v) is 6.16. The van der Waals surface area contributed by atoms with Crippen molar-refractivity contribution >= 4 is 11.8 Å². The quantitative estimate of drug-likeness (QED) is 0.766. The lowest BCUT2D eigenvalue weighted by Crippen LogP contribution is -2.24. The van der Waals surface area contributed by atoms with Crippen LogP contribution in [-0.4, -0.2) is 31.0 Å². The number of alkyl halides is 3. The molecule has 0 saturated carbocycles. The van der Waals surface area contributed by atoms with Gasteiger partial charge in [0.15, 0.2) is 0 Å². The van der Waals surface area contributed by atoms with E-state index < -0.39 is 5.51 Å². The van der Waals surface area contributed by atoms with Crippen molar-refractivity contribution in [3.8, 4) is 5.75 Å². The molecule has 6 heteroatoms. The van der Waals surface area contributed by atoms with Crippen LogP contribution in [0.5, 0.6) is 5.75 Å². The zero-order valence-corrected chi connectivity index (χ0v) is 9.98. The molecule has 1 aromatic carbocycles. The summed E-state index contributed by atoms with van der Waals surface area (Å²) in [6.07, 6.45) is 0. The standard InChI is InChI=1S/C11H14F3NOS/c12-11(13,14)17-9-7-15-6-8-16-10-4-2-1-3-5-10/h1-5,15H,6-9H2. The summed E-state index contributed by atoms with van der Waals surface area (Å²) in [4.78, 5) is 0. The molecule has 0 radical (unpaired) electrons. The van der Waals surface area contributed by atoms with Crippen molar-refractivity contribution in [2.24, 2.45) is 0 Å². The summed E-state index contributed by atoms with van der Waals surface area (Å²) in [5.41, 5.74) is -4.14. The fourth-order valence-corrected chi connectivity index (χ4v) is 1.60. The van der Waals surface area contributed by atoms with E-state index in [1.54, 1.807) is 0 Å². The largest absolute Gasteiger partial charge is 0.492 e. The van der Waals surface area contributed by atoms with Gasteiger partial charge < -0.3 is 10.1 Å². The second-order valence-electron chi connectivity index (χ2n) is 3.21. The third-order valence-corrected chi connectivity index (χ3v) is 2.57. The third kappa shape index (κ3) is 7.93. The Kier molecular flexibility index (Phi) is 6.21. The second-order valence-corrected chi connectivity index (χ2v) is 4.37. The lowest BCUT2D eigenvalue weighted by molar-refractivity contribution is -0.0327. The van der Waals surface area contributed by atoms with Gasteiger partial charge in [-0.1, -0.05) is 18.2 Å². The van der Waals surface area contributed by atoms with E-state index >= 15 is 0 Å². The van der Waals surface area contributed by atoms with Crippen LogP contribution >= 0.6 is 11.8 Å². The Morgan fingerprint density at radius 2 is 1.82 bits per heavy atom. The van der Waals surface area contributed by atoms with E-state index in [4.69, 9.17) is 4.74 Å². The number of thioether (sulfide) groups is 1. The molecule has 0 aliphatic carbocycles. The average Bonchev–Trinajstić information content (AvgIpc) is 2.28. The Bertz CT molecular complexity index is 305. The molecule has 1 rings (SSSR count). The van der Waals surface area contributed by atoms with Crippen LogP contribution in [0.4, 0.5) is 13.2 Å². The van der Waals surface area contributed by atoms with Crippen molar-refractivity contribution in [1.29, 1.82) is 0 Å². The molecule has 0 atom stereocenters. The molecule has 96 valence electrons. The fraction of sp³-hybridized carbons (Fsp3) is 0.455. The maximum absolute atomic E-state index is 11.8. The van der Waals surface area contributed by atoms with Gasteiger partial charge in [0.2, 0.25) is 0 Å². The topological polar surface area (TPSA) is 21.3 Å². The lowest BCUT2D eigenvalue weighted by Gasteiger charge is -2.08. The number of para-hydroxylation sites is 1. The van der Waals surface area contributed by atoms with Crippen LogP contribution in [-0.2, 0) is 0 Å². The maximum atomic E-state index is 11.8. The van der Waals surface area contributed by atoms with Crippen molar-refractivity contribution in [2.45, 2.75) is 5.51 Å². The molecule has 0 aliphatic rings. The Morgan fingerprint density at radius 3 is 2.47 bits per heavy atom. The third-order valence-electron chi connectivity index (χ3n) is 1.84. The number of ether oxygens (including phenoxy) is 1. The average molecular weight is 265 g/mol. The highest BCUT2D eigenvalue weighted by Crippen LogP contribution is 2.29. The van der Waals surface area contributed by atoms with Crippen LogP contribution in [0.25, 0.3) is 0 Å². The number of halogens is 3. The van der Waals surface area contributed by atoms with Gasteiger partial charge in [-0.15, -0.1) is 0 Å². The van der Waals surface area contributed by atoms with Gasteiger partial charge in [0.05, 0.1) is 0 Å². The molecule has 0 fully saturated rings. The first kappa shape index (κ1) is 14.2. The van der Waals surface area contributed by atoms with Gasteiger partial charge >= 0.3 is 5.51 Å². The van der Waals surface area contributed by atoms with Crippen molar-refractivity contribution in [1.82, 2.24) is 5.32 Å². The molecule has 2 nitrogen and oxygen atoms in total. The summed E-state index contributed by atoms with van der Waals surface area (Å²) in [6.45, 7) is 1.30. The highest BCUT2D eigenvalue weighted by atomic mass is 32.2. The van der Waals surface area contributed by atoms with E-state index in [0.29, 0.717) is 19.7 Å². The van der Waals surface area contributed by atoms with Gasteiger partial charge in [0, 0.05) is 18.8 Å². The van der Waals surface area contributed by atoms with Crippen LogP contribution in [0.2, 0.25) is 0 Å². The summed E-state index contributed by atoms with van der Waals surface area (Å²) in [5.74, 6) is 0.786. The van der Waals surface area contributed by atoms with Gasteiger partial charge in [-0.2, -0.15) is 13.2 Å². The predicted molar refractivity (Wildman–Crippen MR) is 63.3 cm³/mol. The SMILES string of the molecule is FC(F)(F)SCCNCCOc1ccccc1. The van der Waals surface area contributed by atoms with Crippen LogP contribution in [0.3, 0.4) is 0 Å². The minimum absolute atomic E-state index is 0.0153. The molecule has 0 aliphatic heterocycles. The van der Waals surface area contributed by atoms with E-state index in [0.717, 1.165) is 5.75 Å². The van der Waals surface area contributed by atoms with E-state index in [2.05, 4.69) is 5.32 Å². The number of hydrogen-bond donors (Lipinski definition) is 1. The first-order valence-electron chi connectivity index (χ1n) is 5.17. The number of rotatable bonds is 7. The Morgan fingerprint density at radius 1 is 1.12 bits per heavy atom. The summed E-state index contributed by atoms with van der Waals surface area (Å²) in [5, 5.41) is 2.88. The summed E-state index contributed by atoms with van der Waals surface area (Å²) >= 11 is -0.0153. The van der Waals surface area contributed by atoms with Crippen molar-refractivity contribution < 1.29 is 17.9 Å². The molecule has 1 aromatic rings. The number of hydrogen-bond acceptors (Lipinski definition) is 3. The molecular formula is C11H14F3NOS. The zero-order chi connectivity index (χ0) is 12.6. The van der Waals surface area contributed by atoms with E-state index in [1.165, 1.54) is 0 Å². The molecule has 0 amide bonds. The Balaban J connectivity index is 1.95. The highest BCUT2D eigenvalue weighted by molar-refractivity contribution is 8.00. The van der Waals surface area contributed by atoms with E-state index in [9.17, 15) is 13.2 Å². The van der Waals surface area contributed by atoms with Gasteiger partial charge in [0.1, 0.15) is 12.4 Å². The van der Waals surface area contributed by atoms with Crippen molar-refractivity contribution in [2.75, 3.05) is 25.4 Å². The second kappa shape index (κ2) is 7.45.